The number of hydrogen-bond donors (Lipinski definition) is 5. The zero-order valence-corrected chi connectivity index (χ0v) is 12.1. The Hall–Kier alpha value is -2.71. The molecule has 0 unspecified atom stereocenters. The van der Waals surface area contributed by atoms with Crippen LogP contribution in [0.1, 0.15) is 15.9 Å². The van der Waals surface area contributed by atoms with Crippen LogP contribution in [0.15, 0.2) is 24.3 Å². The molecule has 0 saturated carbocycles. The molecule has 0 saturated heterocycles. The van der Waals surface area contributed by atoms with Crippen molar-refractivity contribution < 1.29 is 14.6 Å². The van der Waals surface area contributed by atoms with Gasteiger partial charge < -0.3 is 26.7 Å². The first-order valence-corrected chi connectivity index (χ1v) is 6.47. The number of aromatic nitrogens is 1. The molecule has 9 heteroatoms. The number of anilines is 3. The number of carboxylic acids is 1. The predicted octanol–water partition coefficient (Wildman–Crippen LogP) is 1.46. The highest BCUT2D eigenvalue weighted by Crippen LogP contribution is 2.30. The molecule has 0 radical (unpaired) electrons. The van der Waals surface area contributed by atoms with Gasteiger partial charge >= 0.3 is 5.97 Å². The van der Waals surface area contributed by atoms with Crippen LogP contribution < -0.4 is 27.5 Å². The highest BCUT2D eigenvalue weighted by atomic mass is 35.5. The van der Waals surface area contributed by atoms with E-state index in [-0.39, 0.29) is 34.5 Å². The maximum absolute atomic E-state index is 10.9. The first-order chi connectivity index (χ1) is 10.4. The van der Waals surface area contributed by atoms with Gasteiger partial charge in [0.15, 0.2) is 5.82 Å². The number of pyridine rings is 1. The van der Waals surface area contributed by atoms with E-state index in [0.29, 0.717) is 11.3 Å². The number of hydrogen-bond acceptors (Lipinski definition) is 7. The molecule has 0 amide bonds. The molecular formula is C13H14ClN5O3. The van der Waals surface area contributed by atoms with E-state index in [2.05, 4.69) is 10.4 Å². The fourth-order valence-electron chi connectivity index (χ4n) is 1.73. The summed E-state index contributed by atoms with van der Waals surface area (Å²) in [6.45, 7) is 0.0798. The molecule has 0 atom stereocenters. The van der Waals surface area contributed by atoms with E-state index in [9.17, 15) is 4.79 Å². The van der Waals surface area contributed by atoms with Crippen LogP contribution in [0.2, 0.25) is 5.02 Å². The highest BCUT2D eigenvalue weighted by Gasteiger charge is 2.11. The lowest BCUT2D eigenvalue weighted by Crippen LogP contribution is -2.13. The third kappa shape index (κ3) is 3.30. The first kappa shape index (κ1) is 15.7. The molecule has 0 fully saturated rings. The lowest BCUT2D eigenvalue weighted by Gasteiger charge is -2.13. The Morgan fingerprint density at radius 2 is 2.09 bits per heavy atom. The summed E-state index contributed by atoms with van der Waals surface area (Å²) in [5.74, 6) is 4.90. The monoisotopic (exact) mass is 323 g/mol. The molecule has 8 N–H and O–H groups in total. The number of benzene rings is 1. The number of nitrogens with one attached hydrogen (secondary N) is 1. The summed E-state index contributed by atoms with van der Waals surface area (Å²) in [4.78, 5) is 14.8. The summed E-state index contributed by atoms with van der Waals surface area (Å²) in [6.07, 6.45) is 0. The fraction of sp³-hybridized carbons (Fsp3) is 0.0769. The van der Waals surface area contributed by atoms with Gasteiger partial charge in [0.25, 0.3) is 0 Å². The van der Waals surface area contributed by atoms with Gasteiger partial charge in [-0.3, -0.25) is 0 Å². The van der Waals surface area contributed by atoms with E-state index in [1.807, 2.05) is 0 Å². The minimum atomic E-state index is -1.06. The van der Waals surface area contributed by atoms with Crippen LogP contribution in [0.3, 0.4) is 0 Å². The Morgan fingerprint density at radius 3 is 2.68 bits per heavy atom. The van der Waals surface area contributed by atoms with E-state index < -0.39 is 5.97 Å². The first-order valence-electron chi connectivity index (χ1n) is 6.09. The van der Waals surface area contributed by atoms with Gasteiger partial charge in [0.2, 0.25) is 0 Å². The molecule has 1 aromatic heterocycles. The lowest BCUT2D eigenvalue weighted by molar-refractivity contribution is 0.0697. The number of nitrogens with two attached hydrogens (primary N) is 3. The number of hydrazine groups is 1. The van der Waals surface area contributed by atoms with Crippen molar-refractivity contribution >= 4 is 34.9 Å². The zero-order valence-electron chi connectivity index (χ0n) is 11.3. The van der Waals surface area contributed by atoms with Crippen molar-refractivity contribution in [3.63, 3.8) is 0 Å². The predicted molar refractivity (Wildman–Crippen MR) is 83.6 cm³/mol. The molecule has 1 heterocycles. The Balaban J connectivity index is 2.20. The maximum atomic E-state index is 10.9. The molecule has 8 nitrogen and oxygen atoms in total. The van der Waals surface area contributed by atoms with Crippen LogP contribution in [0.5, 0.6) is 5.75 Å². The summed E-state index contributed by atoms with van der Waals surface area (Å²) in [7, 11) is 0. The third-order valence-corrected chi connectivity index (χ3v) is 3.21. The van der Waals surface area contributed by atoms with Crippen molar-refractivity contribution in [3.8, 4) is 5.75 Å². The summed E-state index contributed by atoms with van der Waals surface area (Å²) in [6, 6.07) is 5.80. The minimum absolute atomic E-state index is 0.0798. The second-order valence-electron chi connectivity index (χ2n) is 4.35. The number of aromatic carboxylic acids is 1. The zero-order chi connectivity index (χ0) is 16.3. The van der Waals surface area contributed by atoms with Crippen LogP contribution in [0, 0.1) is 0 Å². The van der Waals surface area contributed by atoms with Gasteiger partial charge in [-0.2, -0.15) is 0 Å². The molecular weight excluding hydrogens is 310 g/mol. The topological polar surface area (TPSA) is 150 Å². The Bertz CT molecular complexity index is 723. The van der Waals surface area contributed by atoms with Gasteiger partial charge in [-0.25, -0.2) is 15.6 Å². The second kappa shape index (κ2) is 6.37. The Morgan fingerprint density at radius 1 is 1.36 bits per heavy atom. The summed E-state index contributed by atoms with van der Waals surface area (Å²) < 4.78 is 5.55. The summed E-state index contributed by atoms with van der Waals surface area (Å²) in [5, 5.41) is 9.16. The van der Waals surface area contributed by atoms with Crippen LogP contribution >= 0.6 is 11.6 Å². The van der Waals surface area contributed by atoms with Gasteiger partial charge in [0, 0.05) is 16.7 Å². The van der Waals surface area contributed by atoms with Crippen molar-refractivity contribution in [3.05, 3.63) is 40.4 Å². The van der Waals surface area contributed by atoms with E-state index in [4.69, 9.17) is 38.8 Å². The van der Waals surface area contributed by atoms with Crippen molar-refractivity contribution in [2.24, 2.45) is 5.84 Å². The summed E-state index contributed by atoms with van der Waals surface area (Å²) >= 11 is 6.03. The minimum Gasteiger partial charge on any atom is -0.486 e. The van der Waals surface area contributed by atoms with Gasteiger partial charge in [0.05, 0.1) is 5.56 Å². The average Bonchev–Trinajstić information content (AvgIpc) is 2.48. The van der Waals surface area contributed by atoms with E-state index >= 15 is 0 Å². The Labute approximate surface area is 130 Å². The number of carboxylic acid groups (broad SMARTS) is 1. The maximum Gasteiger partial charge on any atom is 0.335 e. The SMILES string of the molecule is NNc1nc(N)cc(OCc2ccc(C(=O)O)cc2Cl)c1N. The molecule has 0 aliphatic heterocycles. The molecule has 0 spiro atoms. The van der Waals surface area contributed by atoms with Crippen LogP contribution in [-0.2, 0) is 6.61 Å². The molecule has 116 valence electrons. The average molecular weight is 324 g/mol. The number of ether oxygens (including phenoxy) is 1. The number of nitrogens with zero attached hydrogens (tertiary/aromatic N) is 1. The van der Waals surface area contributed by atoms with Gasteiger partial charge in [-0.05, 0) is 12.1 Å². The Kier molecular flexibility index (Phi) is 4.54. The number of nitrogen functional groups attached to an aromatic ring is 3. The van der Waals surface area contributed by atoms with E-state index in [0.717, 1.165) is 0 Å². The van der Waals surface area contributed by atoms with Crippen molar-refractivity contribution in [1.29, 1.82) is 0 Å². The third-order valence-electron chi connectivity index (χ3n) is 2.86. The molecule has 22 heavy (non-hydrogen) atoms. The van der Waals surface area contributed by atoms with Crippen molar-refractivity contribution in [1.82, 2.24) is 4.98 Å². The largest absolute Gasteiger partial charge is 0.486 e. The van der Waals surface area contributed by atoms with E-state index in [1.54, 1.807) is 6.07 Å². The molecule has 0 bridgehead atoms. The van der Waals surface area contributed by atoms with Gasteiger partial charge in [-0.1, -0.05) is 17.7 Å². The van der Waals surface area contributed by atoms with Crippen LogP contribution in [-0.4, -0.2) is 16.1 Å². The van der Waals surface area contributed by atoms with Crippen LogP contribution in [0.4, 0.5) is 17.3 Å². The standard InChI is InChI=1S/C13H14ClN5O3/c14-8-3-6(13(20)21)1-2-7(8)5-22-9-4-10(15)18-12(19-17)11(9)16/h1-4H,5,16-17H2,(H,20,21)(H3,15,18,19). The normalized spacial score (nSPS) is 10.3. The smallest absolute Gasteiger partial charge is 0.335 e. The molecule has 0 aliphatic carbocycles. The quantitative estimate of drug-likeness (QED) is 0.410. The number of halogens is 1. The second-order valence-corrected chi connectivity index (χ2v) is 4.76. The summed E-state index contributed by atoms with van der Waals surface area (Å²) in [5.41, 5.74) is 14.7. The molecule has 0 aliphatic rings. The molecule has 2 rings (SSSR count). The molecule has 2 aromatic rings. The van der Waals surface area contributed by atoms with Crippen LogP contribution in [0.25, 0.3) is 0 Å². The highest BCUT2D eigenvalue weighted by molar-refractivity contribution is 6.31. The van der Waals surface area contributed by atoms with E-state index in [1.165, 1.54) is 18.2 Å². The number of rotatable bonds is 5. The van der Waals surface area contributed by atoms with Gasteiger partial charge in [-0.15, -0.1) is 0 Å². The molecule has 1 aromatic carbocycles. The van der Waals surface area contributed by atoms with Crippen molar-refractivity contribution in [2.45, 2.75) is 6.61 Å². The fourth-order valence-corrected chi connectivity index (χ4v) is 1.97. The number of carbonyl (C=O) groups is 1. The lowest BCUT2D eigenvalue weighted by atomic mass is 10.1. The van der Waals surface area contributed by atoms with Gasteiger partial charge in [0.1, 0.15) is 23.9 Å². The van der Waals surface area contributed by atoms with Crippen molar-refractivity contribution in [2.75, 3.05) is 16.9 Å².